The lowest BCUT2D eigenvalue weighted by atomic mass is 10.1. The number of unbranched alkanes of at least 4 members (excludes halogenated alkanes) is 1. The molecule has 2 amide bonds. The highest BCUT2D eigenvalue weighted by Crippen LogP contribution is 2.11. The SMILES string of the molecule is CN(C(=O)N[C@@H](CCC(=O)O)C(=O)O)C(CCCCn1cc(CCCF)nn1)C(=O)O. The van der Waals surface area contributed by atoms with Crippen molar-refractivity contribution in [3.05, 3.63) is 11.9 Å². The number of carbonyl (C=O) groups excluding carboxylic acids is 1. The van der Waals surface area contributed by atoms with Crippen molar-refractivity contribution in [1.82, 2.24) is 25.2 Å². The van der Waals surface area contributed by atoms with E-state index in [9.17, 15) is 28.7 Å². The van der Waals surface area contributed by atoms with E-state index in [-0.39, 0.29) is 12.8 Å². The molecule has 0 aliphatic rings. The van der Waals surface area contributed by atoms with Gasteiger partial charge in [-0.1, -0.05) is 5.21 Å². The Balaban J connectivity index is 2.54. The average Bonchev–Trinajstić information content (AvgIpc) is 3.15. The van der Waals surface area contributed by atoms with Crippen LogP contribution in [0, 0.1) is 0 Å². The number of urea groups is 1. The molecule has 1 aromatic rings. The molecule has 31 heavy (non-hydrogen) atoms. The number of carboxylic acid groups (broad SMARTS) is 3. The zero-order valence-corrected chi connectivity index (χ0v) is 17.2. The van der Waals surface area contributed by atoms with Gasteiger partial charge < -0.3 is 25.5 Å². The van der Waals surface area contributed by atoms with Crippen LogP contribution in [0.4, 0.5) is 9.18 Å². The number of hydrogen-bond acceptors (Lipinski definition) is 6. The molecule has 1 heterocycles. The molecular formula is C18H28FN5O7. The van der Waals surface area contributed by atoms with Gasteiger partial charge in [-0.3, -0.25) is 13.9 Å². The number of aryl methyl sites for hydroxylation is 2. The second-order valence-electron chi connectivity index (χ2n) is 7.00. The second kappa shape index (κ2) is 13.1. The smallest absolute Gasteiger partial charge is 0.326 e. The summed E-state index contributed by atoms with van der Waals surface area (Å²) in [5.74, 6) is -3.86. The third-order valence-electron chi connectivity index (χ3n) is 4.58. The first kappa shape index (κ1) is 25.8. The molecule has 4 N–H and O–H groups in total. The predicted molar refractivity (Wildman–Crippen MR) is 104 cm³/mol. The van der Waals surface area contributed by atoms with Gasteiger partial charge in [-0.2, -0.15) is 0 Å². The van der Waals surface area contributed by atoms with Gasteiger partial charge in [-0.05, 0) is 38.5 Å². The Hall–Kier alpha value is -3.25. The molecule has 0 aliphatic heterocycles. The molecule has 0 spiro atoms. The average molecular weight is 445 g/mol. The van der Waals surface area contributed by atoms with Gasteiger partial charge >= 0.3 is 23.9 Å². The highest BCUT2D eigenvalue weighted by molar-refractivity contribution is 5.86. The Kier molecular flexibility index (Phi) is 10.9. The Morgan fingerprint density at radius 2 is 1.84 bits per heavy atom. The quantitative estimate of drug-likeness (QED) is 0.284. The monoisotopic (exact) mass is 445 g/mol. The van der Waals surface area contributed by atoms with Crippen LogP contribution in [0.25, 0.3) is 0 Å². The Morgan fingerprint density at radius 3 is 2.42 bits per heavy atom. The number of amides is 2. The zero-order chi connectivity index (χ0) is 23.4. The summed E-state index contributed by atoms with van der Waals surface area (Å²) < 4.78 is 13.8. The molecular weight excluding hydrogens is 417 g/mol. The van der Waals surface area contributed by atoms with Crippen LogP contribution in [0.2, 0.25) is 0 Å². The van der Waals surface area contributed by atoms with Crippen molar-refractivity contribution in [1.29, 1.82) is 0 Å². The van der Waals surface area contributed by atoms with E-state index in [4.69, 9.17) is 10.2 Å². The summed E-state index contributed by atoms with van der Waals surface area (Å²) in [6, 6.07) is -3.55. The molecule has 0 aliphatic carbocycles. The number of hydrogen-bond donors (Lipinski definition) is 4. The molecule has 0 aromatic carbocycles. The molecule has 0 saturated heterocycles. The maximum Gasteiger partial charge on any atom is 0.326 e. The number of aromatic nitrogens is 3. The first-order valence-electron chi connectivity index (χ1n) is 9.81. The summed E-state index contributed by atoms with van der Waals surface area (Å²) in [4.78, 5) is 46.6. The van der Waals surface area contributed by atoms with E-state index in [0.717, 1.165) is 4.90 Å². The van der Waals surface area contributed by atoms with Crippen molar-refractivity contribution in [3.8, 4) is 0 Å². The highest BCUT2D eigenvalue weighted by Gasteiger charge is 2.29. The van der Waals surface area contributed by atoms with Gasteiger partial charge in [-0.15, -0.1) is 5.10 Å². The van der Waals surface area contributed by atoms with E-state index >= 15 is 0 Å². The van der Waals surface area contributed by atoms with E-state index in [1.807, 2.05) is 0 Å². The van der Waals surface area contributed by atoms with E-state index in [0.29, 0.717) is 37.9 Å². The molecule has 1 rings (SSSR count). The summed E-state index contributed by atoms with van der Waals surface area (Å²) in [7, 11) is 1.23. The molecule has 1 aromatic heterocycles. The maximum atomic E-state index is 12.3. The topological polar surface area (TPSA) is 175 Å². The number of nitrogens with one attached hydrogen (secondary N) is 1. The third-order valence-corrected chi connectivity index (χ3v) is 4.58. The highest BCUT2D eigenvalue weighted by atomic mass is 19.1. The zero-order valence-electron chi connectivity index (χ0n) is 17.2. The lowest BCUT2D eigenvalue weighted by molar-refractivity contribution is -0.142. The van der Waals surface area contributed by atoms with Gasteiger partial charge in [0.05, 0.1) is 12.4 Å². The van der Waals surface area contributed by atoms with Gasteiger partial charge in [0.1, 0.15) is 12.1 Å². The van der Waals surface area contributed by atoms with Crippen LogP contribution < -0.4 is 5.32 Å². The molecule has 0 fully saturated rings. The van der Waals surface area contributed by atoms with Crippen LogP contribution in [-0.2, 0) is 27.3 Å². The number of halogens is 1. The molecule has 13 heteroatoms. The Labute approximate surface area is 178 Å². The fraction of sp³-hybridized carbons (Fsp3) is 0.667. The predicted octanol–water partition coefficient (Wildman–Crippen LogP) is 0.763. The molecule has 0 bridgehead atoms. The summed E-state index contributed by atoms with van der Waals surface area (Å²) in [6.45, 7) is 0.0401. The van der Waals surface area contributed by atoms with Crippen molar-refractivity contribution < 1.29 is 38.9 Å². The van der Waals surface area contributed by atoms with Crippen LogP contribution in [0.15, 0.2) is 6.20 Å². The normalized spacial score (nSPS) is 12.7. The molecule has 1 unspecified atom stereocenters. The number of alkyl halides is 1. The van der Waals surface area contributed by atoms with Crippen LogP contribution in [0.3, 0.4) is 0 Å². The third kappa shape index (κ3) is 9.40. The van der Waals surface area contributed by atoms with Crippen LogP contribution in [0.5, 0.6) is 0 Å². The Bertz CT molecular complexity index is 757. The summed E-state index contributed by atoms with van der Waals surface area (Å²) in [5.41, 5.74) is 0.674. The van der Waals surface area contributed by atoms with Crippen LogP contribution in [0.1, 0.15) is 44.2 Å². The van der Waals surface area contributed by atoms with E-state index in [1.54, 1.807) is 10.9 Å². The van der Waals surface area contributed by atoms with Gasteiger partial charge in [0.2, 0.25) is 0 Å². The number of rotatable bonds is 15. The fourth-order valence-electron chi connectivity index (χ4n) is 2.82. The Morgan fingerprint density at radius 1 is 1.13 bits per heavy atom. The molecule has 174 valence electrons. The molecule has 0 radical (unpaired) electrons. The van der Waals surface area contributed by atoms with Gasteiger partial charge in [0.25, 0.3) is 0 Å². The first-order chi connectivity index (χ1) is 14.6. The molecule has 2 atom stereocenters. The van der Waals surface area contributed by atoms with Crippen molar-refractivity contribution in [2.24, 2.45) is 0 Å². The minimum atomic E-state index is -1.44. The van der Waals surface area contributed by atoms with Crippen molar-refractivity contribution in [2.45, 2.75) is 63.6 Å². The van der Waals surface area contributed by atoms with E-state index in [1.165, 1.54) is 7.05 Å². The van der Waals surface area contributed by atoms with Crippen LogP contribution in [-0.4, -0.2) is 85.0 Å². The van der Waals surface area contributed by atoms with Gasteiger partial charge in [0, 0.05) is 26.2 Å². The number of likely N-dealkylation sites (N-methyl/N-ethyl adjacent to an activating group) is 1. The number of carbonyl (C=O) groups is 4. The lowest BCUT2D eigenvalue weighted by Crippen LogP contribution is -2.52. The molecule has 0 saturated carbocycles. The van der Waals surface area contributed by atoms with Crippen LogP contribution >= 0.6 is 0 Å². The fourth-order valence-corrected chi connectivity index (χ4v) is 2.82. The number of nitrogens with zero attached hydrogens (tertiary/aromatic N) is 4. The first-order valence-corrected chi connectivity index (χ1v) is 9.81. The maximum absolute atomic E-state index is 12.3. The minimum Gasteiger partial charge on any atom is -0.481 e. The lowest BCUT2D eigenvalue weighted by Gasteiger charge is -2.26. The summed E-state index contributed by atoms with van der Waals surface area (Å²) in [5, 5.41) is 37.2. The largest absolute Gasteiger partial charge is 0.481 e. The standard InChI is InChI=1S/C18H28FN5O7/c1-23(18(31)20-13(16(27)28)7-8-15(25)26)14(17(29)30)6-2-3-10-24-11-12(21-22-24)5-4-9-19/h11,13-14H,2-10H2,1H3,(H,20,31)(H,25,26)(H,27,28)(H,29,30)/t13-,14?/m0/s1. The number of carboxylic acids is 3. The molecule has 12 nitrogen and oxygen atoms in total. The second-order valence-corrected chi connectivity index (χ2v) is 7.00. The van der Waals surface area contributed by atoms with Crippen molar-refractivity contribution in [2.75, 3.05) is 13.7 Å². The van der Waals surface area contributed by atoms with E-state index < -0.39 is 49.1 Å². The van der Waals surface area contributed by atoms with Gasteiger partial charge in [-0.25, -0.2) is 14.4 Å². The van der Waals surface area contributed by atoms with E-state index in [2.05, 4.69) is 15.6 Å². The summed E-state index contributed by atoms with van der Waals surface area (Å²) >= 11 is 0. The minimum absolute atomic E-state index is 0.121. The van der Waals surface area contributed by atoms with Gasteiger partial charge in [0.15, 0.2) is 0 Å². The van der Waals surface area contributed by atoms with Crippen molar-refractivity contribution in [3.63, 3.8) is 0 Å². The summed E-state index contributed by atoms with van der Waals surface area (Å²) in [6.07, 6.45) is 2.89. The number of aliphatic carboxylic acids is 3. The van der Waals surface area contributed by atoms with Crippen molar-refractivity contribution >= 4 is 23.9 Å².